The number of nitrogens with one attached hydrogen (secondary N) is 1. The lowest BCUT2D eigenvalue weighted by Gasteiger charge is -2.12. The Morgan fingerprint density at radius 3 is 2.67 bits per heavy atom. The lowest BCUT2D eigenvalue weighted by atomic mass is 10.0. The van der Waals surface area contributed by atoms with Crippen molar-refractivity contribution in [3.63, 3.8) is 0 Å². The van der Waals surface area contributed by atoms with Crippen molar-refractivity contribution in [3.05, 3.63) is 77.0 Å². The first-order valence-electron chi connectivity index (χ1n) is 11.5. The van der Waals surface area contributed by atoms with Crippen molar-refractivity contribution < 1.29 is 13.2 Å². The largest absolute Gasteiger partial charge is 0.489 e. The average molecular weight is 465 g/mol. The van der Waals surface area contributed by atoms with Gasteiger partial charge in [0.25, 0.3) is 0 Å². The molecule has 1 unspecified atom stereocenters. The van der Waals surface area contributed by atoms with Gasteiger partial charge in [-0.1, -0.05) is 31.2 Å². The van der Waals surface area contributed by atoms with Crippen LogP contribution in [0.3, 0.4) is 0 Å². The van der Waals surface area contributed by atoms with E-state index in [2.05, 4.69) is 65.8 Å². The molecule has 1 N–H and O–H groups in total. The van der Waals surface area contributed by atoms with Crippen molar-refractivity contribution in [1.29, 1.82) is 0 Å². The molecular formula is C27H32N2O3S. The molecule has 0 amide bonds. The van der Waals surface area contributed by atoms with Crippen molar-refractivity contribution >= 4 is 15.7 Å². The molecule has 0 spiro atoms. The predicted octanol–water partition coefficient (Wildman–Crippen LogP) is 5.22. The Hall–Kier alpha value is -2.86. The fourth-order valence-corrected chi connectivity index (χ4v) is 5.08. The van der Waals surface area contributed by atoms with Crippen molar-refractivity contribution in [1.82, 2.24) is 4.98 Å². The molecule has 1 heterocycles. The van der Waals surface area contributed by atoms with Crippen LogP contribution in [0.4, 0.5) is 5.82 Å². The maximum Gasteiger partial charge on any atom is 0.147 e. The van der Waals surface area contributed by atoms with Gasteiger partial charge in [0.05, 0.1) is 5.75 Å². The topological polar surface area (TPSA) is 68.3 Å². The van der Waals surface area contributed by atoms with Gasteiger partial charge in [0, 0.05) is 24.1 Å². The smallest absolute Gasteiger partial charge is 0.147 e. The molecule has 0 fully saturated rings. The molecule has 2 aromatic carbocycles. The molecule has 4 rings (SSSR count). The van der Waals surface area contributed by atoms with E-state index in [1.807, 2.05) is 13.0 Å². The number of pyridine rings is 1. The van der Waals surface area contributed by atoms with Crippen LogP contribution < -0.4 is 10.1 Å². The number of hydrogen-bond acceptors (Lipinski definition) is 5. The fourth-order valence-electron chi connectivity index (χ4n) is 4.41. The van der Waals surface area contributed by atoms with Crippen LogP contribution in [-0.4, -0.2) is 32.0 Å². The highest BCUT2D eigenvalue weighted by atomic mass is 32.2. The Labute approximate surface area is 197 Å². The zero-order valence-electron chi connectivity index (χ0n) is 19.6. The summed E-state index contributed by atoms with van der Waals surface area (Å²) in [5.41, 5.74) is 7.09. The molecule has 0 aliphatic heterocycles. The Bertz CT molecular complexity index is 1240. The van der Waals surface area contributed by atoms with Crippen molar-refractivity contribution in [3.8, 4) is 16.9 Å². The number of aromatic nitrogens is 1. The van der Waals surface area contributed by atoms with E-state index in [-0.39, 0.29) is 5.75 Å². The van der Waals surface area contributed by atoms with E-state index >= 15 is 0 Å². The number of benzene rings is 2. The van der Waals surface area contributed by atoms with Crippen molar-refractivity contribution in [2.45, 2.75) is 39.7 Å². The molecule has 5 nitrogen and oxygen atoms in total. The van der Waals surface area contributed by atoms with E-state index in [0.717, 1.165) is 46.3 Å². The van der Waals surface area contributed by atoms with Gasteiger partial charge in [0.15, 0.2) is 0 Å². The first-order valence-corrected chi connectivity index (χ1v) is 13.6. The van der Waals surface area contributed by atoms with Gasteiger partial charge in [0.1, 0.15) is 28.0 Å². The lowest BCUT2D eigenvalue weighted by Crippen LogP contribution is -2.10. The molecule has 33 heavy (non-hydrogen) atoms. The van der Waals surface area contributed by atoms with Gasteiger partial charge in [-0.3, -0.25) is 0 Å². The van der Waals surface area contributed by atoms with Gasteiger partial charge in [0.2, 0.25) is 0 Å². The van der Waals surface area contributed by atoms with E-state index in [0.29, 0.717) is 19.6 Å². The highest BCUT2D eigenvalue weighted by Crippen LogP contribution is 2.30. The second-order valence-electron chi connectivity index (χ2n) is 9.17. The summed E-state index contributed by atoms with van der Waals surface area (Å²) < 4.78 is 28.6. The number of rotatable bonds is 9. The van der Waals surface area contributed by atoms with Gasteiger partial charge in [-0.05, 0) is 84.7 Å². The van der Waals surface area contributed by atoms with Crippen LogP contribution >= 0.6 is 0 Å². The summed E-state index contributed by atoms with van der Waals surface area (Å²) in [6.07, 6.45) is 4.12. The van der Waals surface area contributed by atoms with Gasteiger partial charge in [-0.25, -0.2) is 13.4 Å². The van der Waals surface area contributed by atoms with Crippen LogP contribution in [0.2, 0.25) is 0 Å². The van der Waals surface area contributed by atoms with Crippen LogP contribution in [0.1, 0.15) is 35.7 Å². The van der Waals surface area contributed by atoms with Crippen LogP contribution in [-0.2, 0) is 29.3 Å². The SMILES string of the molecule is Cc1nc(NCCCS(C)(=O)=O)ccc1-c1cccc(COc2ccc3c(c2)CC(C)C3)c1. The molecular weight excluding hydrogens is 432 g/mol. The third-order valence-electron chi connectivity index (χ3n) is 6.04. The second-order valence-corrected chi connectivity index (χ2v) is 11.4. The van der Waals surface area contributed by atoms with Crippen molar-refractivity contribution in [2.24, 2.45) is 5.92 Å². The normalized spacial score (nSPS) is 15.3. The molecule has 1 aliphatic rings. The molecule has 0 saturated carbocycles. The summed E-state index contributed by atoms with van der Waals surface area (Å²) in [5, 5.41) is 3.21. The number of hydrogen-bond donors (Lipinski definition) is 1. The van der Waals surface area contributed by atoms with E-state index < -0.39 is 9.84 Å². The Morgan fingerprint density at radius 1 is 1.06 bits per heavy atom. The summed E-state index contributed by atoms with van der Waals surface area (Å²) in [4.78, 5) is 4.65. The number of fused-ring (bicyclic) bond motifs is 1. The van der Waals surface area contributed by atoms with E-state index in [4.69, 9.17) is 4.74 Å². The molecule has 1 aliphatic carbocycles. The quantitative estimate of drug-likeness (QED) is 0.440. The minimum absolute atomic E-state index is 0.177. The van der Waals surface area contributed by atoms with E-state index in [1.165, 1.54) is 23.8 Å². The van der Waals surface area contributed by atoms with E-state index in [9.17, 15) is 8.42 Å². The van der Waals surface area contributed by atoms with Gasteiger partial charge < -0.3 is 10.1 Å². The monoisotopic (exact) mass is 464 g/mol. The molecule has 1 aromatic heterocycles. The molecule has 1 atom stereocenters. The standard InChI is InChI=1S/C27H32N2O3S/c1-19-14-22-8-9-25(17-24(22)15-19)32-18-21-6-4-7-23(16-21)26-10-11-27(29-20(26)2)28-12-5-13-33(3,30)31/h4,6-11,16-17,19H,5,12-15,18H2,1-3H3,(H,28,29). The van der Waals surface area contributed by atoms with Crippen LogP contribution in [0.5, 0.6) is 5.75 Å². The number of anilines is 1. The molecule has 0 radical (unpaired) electrons. The van der Waals surface area contributed by atoms with Gasteiger partial charge >= 0.3 is 0 Å². The second kappa shape index (κ2) is 9.96. The summed E-state index contributed by atoms with van der Waals surface area (Å²) >= 11 is 0. The average Bonchev–Trinajstić information content (AvgIpc) is 3.14. The third kappa shape index (κ3) is 6.35. The summed E-state index contributed by atoms with van der Waals surface area (Å²) in [6, 6.07) is 18.8. The highest BCUT2D eigenvalue weighted by molar-refractivity contribution is 7.90. The van der Waals surface area contributed by atoms with Crippen LogP contribution in [0.25, 0.3) is 11.1 Å². The summed E-state index contributed by atoms with van der Waals surface area (Å²) in [6.45, 7) is 5.39. The zero-order valence-corrected chi connectivity index (χ0v) is 20.4. The highest BCUT2D eigenvalue weighted by Gasteiger charge is 2.18. The van der Waals surface area contributed by atoms with Crippen LogP contribution in [0, 0.1) is 12.8 Å². The van der Waals surface area contributed by atoms with Crippen LogP contribution in [0.15, 0.2) is 54.6 Å². The Morgan fingerprint density at radius 2 is 1.88 bits per heavy atom. The molecule has 0 bridgehead atoms. The van der Waals surface area contributed by atoms with Gasteiger partial charge in [-0.15, -0.1) is 0 Å². The minimum atomic E-state index is -2.93. The summed E-state index contributed by atoms with van der Waals surface area (Å²) in [7, 11) is -2.93. The summed E-state index contributed by atoms with van der Waals surface area (Å²) in [5.74, 6) is 2.58. The first kappa shape index (κ1) is 23.3. The maximum atomic E-state index is 11.3. The zero-order chi connectivity index (χ0) is 23.4. The lowest BCUT2D eigenvalue weighted by molar-refractivity contribution is 0.306. The van der Waals surface area contributed by atoms with E-state index in [1.54, 1.807) is 0 Å². The molecule has 3 aromatic rings. The fraction of sp³-hybridized carbons (Fsp3) is 0.370. The van der Waals surface area contributed by atoms with Gasteiger partial charge in [-0.2, -0.15) is 0 Å². The van der Waals surface area contributed by atoms with Crippen molar-refractivity contribution in [2.75, 3.05) is 23.9 Å². The molecule has 0 saturated heterocycles. The Balaban J connectivity index is 1.38. The number of nitrogens with zero attached hydrogens (tertiary/aromatic N) is 1. The first-order chi connectivity index (χ1) is 15.8. The number of ether oxygens (including phenoxy) is 1. The predicted molar refractivity (Wildman–Crippen MR) is 135 cm³/mol. The molecule has 174 valence electrons. The Kier molecular flexibility index (Phi) is 7.03. The number of aryl methyl sites for hydroxylation is 1. The number of sulfone groups is 1. The maximum absolute atomic E-state index is 11.3. The molecule has 6 heteroatoms. The minimum Gasteiger partial charge on any atom is -0.489 e. The third-order valence-corrected chi connectivity index (χ3v) is 7.07.